The van der Waals surface area contributed by atoms with Crippen LogP contribution in [0.25, 0.3) is 21.7 Å². The zero-order valence-electron chi connectivity index (χ0n) is 30.4. The van der Waals surface area contributed by atoms with Crippen molar-refractivity contribution in [2.45, 2.75) is 25.2 Å². The van der Waals surface area contributed by atoms with Gasteiger partial charge in [-0.1, -0.05) is 24.3 Å². The van der Waals surface area contributed by atoms with Crippen molar-refractivity contribution in [3.8, 4) is 11.5 Å². The number of amides is 4. The van der Waals surface area contributed by atoms with Crippen LogP contribution in [0.1, 0.15) is 41.2 Å². The number of aromatic amines is 1. The predicted molar refractivity (Wildman–Crippen MR) is 204 cm³/mol. The highest BCUT2D eigenvalue weighted by Gasteiger charge is 2.36. The van der Waals surface area contributed by atoms with Crippen molar-refractivity contribution in [2.75, 3.05) is 84.5 Å². The second-order valence-electron chi connectivity index (χ2n) is 13.7. The van der Waals surface area contributed by atoms with Crippen LogP contribution >= 0.6 is 11.6 Å². The molecule has 0 aliphatic carbocycles. The molecule has 2 aliphatic heterocycles. The number of likely N-dealkylation sites (tertiary alicyclic amines) is 1. The van der Waals surface area contributed by atoms with Crippen LogP contribution in [0.5, 0.6) is 11.5 Å². The van der Waals surface area contributed by atoms with Gasteiger partial charge in [0.25, 0.3) is 5.91 Å². The maximum absolute atomic E-state index is 14.1. The molecule has 2 aliphatic rings. The number of halogens is 1. The number of rotatable bonds is 14. The molecule has 3 N–H and O–H groups in total. The number of nitrogens with one attached hydrogen (secondary N) is 3. The number of carbonyl (C=O) groups is 4. The van der Waals surface area contributed by atoms with E-state index < -0.39 is 6.09 Å². The molecule has 6 rings (SSSR count). The monoisotopic (exact) mass is 746 g/mol. The summed E-state index contributed by atoms with van der Waals surface area (Å²) in [5, 5.41) is 7.83. The Morgan fingerprint density at radius 2 is 1.75 bits per heavy atom. The number of benzene rings is 3. The molecule has 1 aromatic heterocycles. The molecule has 3 aromatic carbocycles. The number of fused-ring (bicyclic) bond motifs is 4. The quantitative estimate of drug-likeness (QED) is 0.124. The smallest absolute Gasteiger partial charge is 0.412 e. The molecule has 4 amide bonds. The lowest BCUT2D eigenvalue weighted by molar-refractivity contribution is -0.136. The number of H-pyrrole nitrogens is 1. The second kappa shape index (κ2) is 17.3. The van der Waals surface area contributed by atoms with Crippen LogP contribution in [-0.4, -0.2) is 118 Å². The number of carbonyl (C=O) groups excluding carboxylic acids is 4. The number of hydrogen-bond donors (Lipinski definition) is 3. The van der Waals surface area contributed by atoms with Gasteiger partial charge in [-0.25, -0.2) is 4.79 Å². The zero-order chi connectivity index (χ0) is 37.5. The Bertz CT molecular complexity index is 1960. The van der Waals surface area contributed by atoms with E-state index in [-0.39, 0.29) is 55.7 Å². The van der Waals surface area contributed by atoms with Crippen molar-refractivity contribution in [1.82, 2.24) is 25.4 Å². The van der Waals surface area contributed by atoms with Crippen molar-refractivity contribution >= 4 is 62.8 Å². The molecule has 0 unspecified atom stereocenters. The minimum Gasteiger partial charge on any atom is -0.492 e. The summed E-state index contributed by atoms with van der Waals surface area (Å²) < 4.78 is 17.3. The van der Waals surface area contributed by atoms with Gasteiger partial charge in [0.05, 0.1) is 25.3 Å². The molecule has 4 aromatic rings. The third kappa shape index (κ3) is 8.86. The molecule has 282 valence electrons. The van der Waals surface area contributed by atoms with Crippen molar-refractivity contribution in [2.24, 2.45) is 5.92 Å². The van der Waals surface area contributed by atoms with Gasteiger partial charge in [0.15, 0.2) is 0 Å². The molecule has 14 heteroatoms. The van der Waals surface area contributed by atoms with Gasteiger partial charge >= 0.3 is 6.09 Å². The van der Waals surface area contributed by atoms with E-state index in [0.717, 1.165) is 39.5 Å². The molecule has 53 heavy (non-hydrogen) atoms. The molecule has 3 heterocycles. The Labute approximate surface area is 313 Å². The summed E-state index contributed by atoms with van der Waals surface area (Å²) in [6.07, 6.45) is 0.855. The van der Waals surface area contributed by atoms with Crippen molar-refractivity contribution in [3.63, 3.8) is 0 Å². The summed E-state index contributed by atoms with van der Waals surface area (Å²) in [4.78, 5) is 60.3. The molecule has 1 fully saturated rings. The van der Waals surface area contributed by atoms with Crippen LogP contribution < -0.4 is 25.0 Å². The molecule has 0 saturated carbocycles. The molecule has 1 saturated heterocycles. The van der Waals surface area contributed by atoms with E-state index in [1.54, 1.807) is 22.9 Å². The number of ether oxygens (including phenoxy) is 3. The minimum absolute atomic E-state index is 0.0143. The maximum Gasteiger partial charge on any atom is 0.412 e. The largest absolute Gasteiger partial charge is 0.492 e. The normalized spacial score (nSPS) is 15.9. The standard InChI is InChI=1S/C39H47ClN6O7/c1-41-37(48)25-10-14-45(15-11-25)35(47)12-17-51-18-13-42-39(50)53-34-22-33-36(30-7-5-4-6-29(30)34)27(23-40)24-46(33)38(49)32-21-26-20-28(8-9-31(26)43-32)52-19-16-44(2)3/h4-9,20-22,25,27,43H,10-19,23-24H2,1-3H3,(H,41,48)(H,42,50)/t27-/m1/s1. The Hall–Kier alpha value is -4.85. The van der Waals surface area contributed by atoms with Gasteiger partial charge < -0.3 is 44.5 Å². The van der Waals surface area contributed by atoms with Gasteiger partial charge in [0.2, 0.25) is 11.8 Å². The number of hydrogen-bond acceptors (Lipinski definition) is 8. The van der Waals surface area contributed by atoms with Gasteiger partial charge in [0.1, 0.15) is 23.8 Å². The van der Waals surface area contributed by atoms with Crippen molar-refractivity contribution < 1.29 is 33.4 Å². The number of alkyl halides is 1. The minimum atomic E-state index is -0.669. The van der Waals surface area contributed by atoms with Gasteiger partial charge in [-0.15, -0.1) is 11.6 Å². The number of anilines is 1. The summed E-state index contributed by atoms with van der Waals surface area (Å²) in [5.41, 5.74) is 2.81. The van der Waals surface area contributed by atoms with Crippen LogP contribution in [-0.2, 0) is 14.3 Å². The molecule has 13 nitrogen and oxygen atoms in total. The molecule has 0 bridgehead atoms. The summed E-state index contributed by atoms with van der Waals surface area (Å²) in [6, 6.07) is 16.9. The third-order valence-corrected chi connectivity index (χ3v) is 10.2. The van der Waals surface area contributed by atoms with Crippen LogP contribution in [0.3, 0.4) is 0 Å². The Kier molecular flexibility index (Phi) is 12.4. The highest BCUT2D eigenvalue weighted by atomic mass is 35.5. The number of piperidine rings is 1. The van der Waals surface area contributed by atoms with Crippen LogP contribution in [0.2, 0.25) is 0 Å². The van der Waals surface area contributed by atoms with Gasteiger partial charge in [-0.3, -0.25) is 14.4 Å². The van der Waals surface area contributed by atoms with E-state index in [0.29, 0.717) is 62.1 Å². The SMILES string of the molecule is CNC(=O)C1CCN(C(=O)CCOCCNC(=O)Oc2cc3c(c4ccccc24)[C@H](CCl)CN3C(=O)c2cc3cc(OCCN(C)C)ccc3[nH]2)CC1. The number of nitrogens with zero attached hydrogens (tertiary/aromatic N) is 3. The first-order valence-electron chi connectivity index (χ1n) is 18.0. The summed E-state index contributed by atoms with van der Waals surface area (Å²) >= 11 is 6.49. The zero-order valence-corrected chi connectivity index (χ0v) is 31.2. The Morgan fingerprint density at radius 1 is 0.981 bits per heavy atom. The van der Waals surface area contributed by atoms with Gasteiger partial charge in [-0.2, -0.15) is 0 Å². The first kappa shape index (κ1) is 37.9. The van der Waals surface area contributed by atoms with E-state index in [9.17, 15) is 19.2 Å². The molecule has 1 atom stereocenters. The molecular formula is C39H47ClN6O7. The molecule has 0 radical (unpaired) electrons. The van der Waals surface area contributed by atoms with E-state index >= 15 is 0 Å². The van der Waals surface area contributed by atoms with E-state index in [1.165, 1.54) is 0 Å². The predicted octanol–water partition coefficient (Wildman–Crippen LogP) is 4.72. The van der Waals surface area contributed by atoms with Crippen LogP contribution in [0.15, 0.2) is 54.6 Å². The highest BCUT2D eigenvalue weighted by Crippen LogP contribution is 2.46. The number of likely N-dealkylation sites (N-methyl/N-ethyl adjacent to an activating group) is 1. The first-order chi connectivity index (χ1) is 25.7. The lowest BCUT2D eigenvalue weighted by Gasteiger charge is -2.31. The summed E-state index contributed by atoms with van der Waals surface area (Å²) in [6.45, 7) is 3.40. The molecule has 0 spiro atoms. The molecular weight excluding hydrogens is 700 g/mol. The third-order valence-electron chi connectivity index (χ3n) is 9.83. The van der Waals surface area contributed by atoms with Crippen molar-refractivity contribution in [3.05, 3.63) is 65.9 Å². The van der Waals surface area contributed by atoms with Crippen LogP contribution in [0.4, 0.5) is 10.5 Å². The second-order valence-corrected chi connectivity index (χ2v) is 14.0. The average Bonchev–Trinajstić information content (AvgIpc) is 3.77. The van der Waals surface area contributed by atoms with E-state index in [4.69, 9.17) is 25.8 Å². The Balaban J connectivity index is 1.07. The fraction of sp³-hybridized carbons (Fsp3) is 0.436. The number of aromatic nitrogens is 1. The maximum atomic E-state index is 14.1. The van der Waals surface area contributed by atoms with Crippen molar-refractivity contribution in [1.29, 1.82) is 0 Å². The fourth-order valence-corrected chi connectivity index (χ4v) is 7.25. The summed E-state index contributed by atoms with van der Waals surface area (Å²) in [7, 11) is 5.61. The van der Waals surface area contributed by atoms with Gasteiger partial charge in [-0.05, 0) is 62.2 Å². The Morgan fingerprint density at radius 3 is 2.49 bits per heavy atom. The lowest BCUT2D eigenvalue weighted by Crippen LogP contribution is -2.42. The highest BCUT2D eigenvalue weighted by molar-refractivity contribution is 6.19. The van der Waals surface area contributed by atoms with E-state index in [2.05, 4.69) is 15.6 Å². The topological polar surface area (TPSA) is 146 Å². The van der Waals surface area contributed by atoms with Gasteiger partial charge in [0, 0.05) is 79.8 Å². The average molecular weight is 747 g/mol. The van der Waals surface area contributed by atoms with Crippen LogP contribution in [0, 0.1) is 5.92 Å². The lowest BCUT2D eigenvalue weighted by atomic mass is 9.95. The van der Waals surface area contributed by atoms with E-state index in [1.807, 2.05) is 67.5 Å². The first-order valence-corrected chi connectivity index (χ1v) is 18.6. The summed E-state index contributed by atoms with van der Waals surface area (Å²) in [5.74, 6) is 0.958. The fourth-order valence-electron chi connectivity index (χ4n) is 7.00.